The standard InChI is InChI=1S/C17H26O2/c1-9-10(2)14-7-13(9)8-15(14)17(18)19-16-6-11-3-4-12(16)5-11/h9-16H,3-8H2,1-2H3. The molecule has 0 saturated heterocycles. The van der Waals surface area contributed by atoms with Crippen LogP contribution in [0.25, 0.3) is 0 Å². The van der Waals surface area contributed by atoms with Crippen molar-refractivity contribution in [3.05, 3.63) is 0 Å². The largest absolute Gasteiger partial charge is 0.462 e. The van der Waals surface area contributed by atoms with Gasteiger partial charge in [-0.3, -0.25) is 4.79 Å². The second-order valence-corrected chi connectivity index (χ2v) is 7.87. The van der Waals surface area contributed by atoms with Gasteiger partial charge in [-0.25, -0.2) is 0 Å². The molecule has 2 nitrogen and oxygen atoms in total. The van der Waals surface area contributed by atoms with Crippen LogP contribution in [-0.2, 0) is 9.53 Å². The molecule has 106 valence electrons. The average Bonchev–Trinajstić information content (AvgIpc) is 3.12. The van der Waals surface area contributed by atoms with E-state index in [9.17, 15) is 4.79 Å². The van der Waals surface area contributed by atoms with Gasteiger partial charge >= 0.3 is 5.97 Å². The molecule has 4 bridgehead atoms. The third kappa shape index (κ3) is 1.78. The molecule has 0 aromatic heterocycles. The van der Waals surface area contributed by atoms with Crippen LogP contribution in [0.4, 0.5) is 0 Å². The monoisotopic (exact) mass is 262 g/mol. The van der Waals surface area contributed by atoms with Gasteiger partial charge in [0.1, 0.15) is 6.10 Å². The summed E-state index contributed by atoms with van der Waals surface area (Å²) in [6, 6.07) is 0. The number of rotatable bonds is 2. The summed E-state index contributed by atoms with van der Waals surface area (Å²) in [5.74, 6) is 4.89. The highest BCUT2D eigenvalue weighted by Crippen LogP contribution is 2.55. The molecule has 0 aliphatic heterocycles. The fourth-order valence-electron chi connectivity index (χ4n) is 5.78. The maximum absolute atomic E-state index is 12.5. The Morgan fingerprint density at radius 2 is 1.79 bits per heavy atom. The van der Waals surface area contributed by atoms with Crippen molar-refractivity contribution < 1.29 is 9.53 Å². The van der Waals surface area contributed by atoms with Crippen LogP contribution in [-0.4, -0.2) is 12.1 Å². The van der Waals surface area contributed by atoms with E-state index in [1.165, 1.54) is 25.7 Å². The number of carbonyl (C=O) groups excluding carboxylic acids is 1. The highest BCUT2D eigenvalue weighted by molar-refractivity contribution is 5.73. The van der Waals surface area contributed by atoms with Crippen LogP contribution in [0.15, 0.2) is 0 Å². The van der Waals surface area contributed by atoms with Gasteiger partial charge in [0.15, 0.2) is 0 Å². The third-order valence-electron chi connectivity index (χ3n) is 7.14. The Morgan fingerprint density at radius 3 is 2.37 bits per heavy atom. The van der Waals surface area contributed by atoms with Crippen LogP contribution >= 0.6 is 0 Å². The van der Waals surface area contributed by atoms with Crippen molar-refractivity contribution in [2.75, 3.05) is 0 Å². The summed E-state index contributed by atoms with van der Waals surface area (Å²) in [4.78, 5) is 12.5. The van der Waals surface area contributed by atoms with E-state index in [0.717, 1.165) is 36.5 Å². The lowest BCUT2D eigenvalue weighted by Crippen LogP contribution is -2.34. The lowest BCUT2D eigenvalue weighted by molar-refractivity contribution is -0.159. The zero-order valence-electron chi connectivity index (χ0n) is 12.2. The Morgan fingerprint density at radius 1 is 0.947 bits per heavy atom. The summed E-state index contributed by atoms with van der Waals surface area (Å²) in [7, 11) is 0. The Hall–Kier alpha value is -0.530. The molecule has 4 aliphatic rings. The minimum atomic E-state index is 0.156. The van der Waals surface area contributed by atoms with Crippen molar-refractivity contribution in [3.8, 4) is 0 Å². The van der Waals surface area contributed by atoms with Crippen molar-refractivity contribution in [1.29, 1.82) is 0 Å². The van der Waals surface area contributed by atoms with Crippen molar-refractivity contribution in [1.82, 2.24) is 0 Å². The number of esters is 1. The van der Waals surface area contributed by atoms with Crippen molar-refractivity contribution in [3.63, 3.8) is 0 Å². The highest BCUT2D eigenvalue weighted by Gasteiger charge is 2.52. The average molecular weight is 262 g/mol. The van der Waals surface area contributed by atoms with Gasteiger partial charge in [-0.15, -0.1) is 0 Å². The van der Waals surface area contributed by atoms with E-state index in [0.29, 0.717) is 11.8 Å². The second kappa shape index (κ2) is 4.23. The fourth-order valence-corrected chi connectivity index (χ4v) is 5.78. The van der Waals surface area contributed by atoms with Crippen LogP contribution in [0, 0.1) is 41.4 Å². The van der Waals surface area contributed by atoms with Gasteiger partial charge in [0.2, 0.25) is 0 Å². The van der Waals surface area contributed by atoms with Crippen LogP contribution in [0.1, 0.15) is 52.4 Å². The quantitative estimate of drug-likeness (QED) is 0.710. The molecule has 0 aromatic carbocycles. The zero-order valence-corrected chi connectivity index (χ0v) is 12.2. The molecule has 0 aromatic rings. The van der Waals surface area contributed by atoms with E-state index < -0.39 is 0 Å². The predicted octanol–water partition coefficient (Wildman–Crippen LogP) is 3.65. The summed E-state index contributed by atoms with van der Waals surface area (Å²) < 4.78 is 5.93. The highest BCUT2D eigenvalue weighted by atomic mass is 16.5. The molecule has 4 aliphatic carbocycles. The minimum Gasteiger partial charge on any atom is -0.462 e. The Bertz CT molecular complexity index is 389. The molecular formula is C17H26O2. The Labute approximate surface area is 116 Å². The second-order valence-electron chi connectivity index (χ2n) is 7.87. The van der Waals surface area contributed by atoms with Crippen LogP contribution in [0.5, 0.6) is 0 Å². The number of hydrogen-bond acceptors (Lipinski definition) is 2. The van der Waals surface area contributed by atoms with Crippen LogP contribution in [0.3, 0.4) is 0 Å². The predicted molar refractivity (Wildman–Crippen MR) is 73.4 cm³/mol. The number of fused-ring (bicyclic) bond motifs is 4. The molecule has 0 radical (unpaired) electrons. The third-order valence-corrected chi connectivity index (χ3v) is 7.14. The van der Waals surface area contributed by atoms with Gasteiger partial charge in [-0.2, -0.15) is 0 Å². The van der Waals surface area contributed by atoms with E-state index in [2.05, 4.69) is 13.8 Å². The Balaban J connectivity index is 1.40. The molecule has 0 amide bonds. The molecule has 0 N–H and O–H groups in total. The molecule has 8 atom stereocenters. The molecule has 8 unspecified atom stereocenters. The first-order valence-corrected chi connectivity index (χ1v) is 8.34. The van der Waals surface area contributed by atoms with E-state index in [4.69, 9.17) is 4.74 Å². The van der Waals surface area contributed by atoms with Gasteiger partial charge in [-0.1, -0.05) is 13.8 Å². The molecule has 0 spiro atoms. The van der Waals surface area contributed by atoms with Crippen molar-refractivity contribution in [2.24, 2.45) is 41.4 Å². The Kier molecular flexibility index (Phi) is 2.72. The molecule has 2 heteroatoms. The molecule has 19 heavy (non-hydrogen) atoms. The van der Waals surface area contributed by atoms with E-state index >= 15 is 0 Å². The van der Waals surface area contributed by atoms with Gasteiger partial charge in [0, 0.05) is 0 Å². The molecule has 4 rings (SSSR count). The van der Waals surface area contributed by atoms with Crippen LogP contribution < -0.4 is 0 Å². The first-order chi connectivity index (χ1) is 9.13. The zero-order chi connectivity index (χ0) is 13.1. The number of hydrogen-bond donors (Lipinski definition) is 0. The van der Waals surface area contributed by atoms with Crippen molar-refractivity contribution in [2.45, 2.75) is 58.5 Å². The first-order valence-electron chi connectivity index (χ1n) is 8.34. The van der Waals surface area contributed by atoms with Crippen LogP contribution in [0.2, 0.25) is 0 Å². The first kappa shape index (κ1) is 12.2. The topological polar surface area (TPSA) is 26.3 Å². The SMILES string of the molecule is CC1C2CC(C(=O)OC3CC4CCC3C4)C(C2)C1C. The molecule has 0 heterocycles. The minimum absolute atomic E-state index is 0.156. The molecule has 4 saturated carbocycles. The van der Waals surface area contributed by atoms with Gasteiger partial charge in [0.25, 0.3) is 0 Å². The number of carbonyl (C=O) groups is 1. The summed E-state index contributed by atoms with van der Waals surface area (Å²) in [6.45, 7) is 4.71. The van der Waals surface area contributed by atoms with E-state index in [1.807, 2.05) is 0 Å². The lowest BCUT2D eigenvalue weighted by Gasteiger charge is -2.32. The summed E-state index contributed by atoms with van der Waals surface area (Å²) in [5.41, 5.74) is 0. The van der Waals surface area contributed by atoms with Gasteiger partial charge < -0.3 is 4.74 Å². The maximum atomic E-state index is 12.5. The molecule has 4 fully saturated rings. The summed E-state index contributed by atoms with van der Waals surface area (Å²) in [6.07, 6.45) is 7.81. The number of ether oxygens (including phenoxy) is 1. The lowest BCUT2D eigenvalue weighted by atomic mass is 9.76. The van der Waals surface area contributed by atoms with E-state index in [1.54, 1.807) is 0 Å². The van der Waals surface area contributed by atoms with Crippen molar-refractivity contribution >= 4 is 5.97 Å². The maximum Gasteiger partial charge on any atom is 0.309 e. The molecular weight excluding hydrogens is 236 g/mol. The smallest absolute Gasteiger partial charge is 0.309 e. The van der Waals surface area contributed by atoms with E-state index in [-0.39, 0.29) is 18.0 Å². The normalized spacial score (nSPS) is 54.8. The fraction of sp³-hybridized carbons (Fsp3) is 0.941. The summed E-state index contributed by atoms with van der Waals surface area (Å²) >= 11 is 0. The van der Waals surface area contributed by atoms with Gasteiger partial charge in [0.05, 0.1) is 5.92 Å². The van der Waals surface area contributed by atoms with Gasteiger partial charge in [-0.05, 0) is 74.0 Å². The summed E-state index contributed by atoms with van der Waals surface area (Å²) in [5, 5.41) is 0.